The van der Waals surface area contributed by atoms with Gasteiger partial charge in [-0.25, -0.2) is 10.4 Å². The molecule has 4 nitrogen and oxygen atoms in total. The fourth-order valence-corrected chi connectivity index (χ4v) is 3.54. The van der Waals surface area contributed by atoms with Crippen molar-refractivity contribution in [2.45, 2.75) is 60.4 Å². The van der Waals surface area contributed by atoms with Crippen LogP contribution in [0.15, 0.2) is 42.5 Å². The molecule has 0 aromatic heterocycles. The Balaban J connectivity index is 2.50. The minimum absolute atomic E-state index is 0.0613. The Morgan fingerprint density at radius 1 is 1.03 bits per heavy atom. The van der Waals surface area contributed by atoms with E-state index >= 15 is 0 Å². The molecule has 0 radical (unpaired) electrons. The molecule has 1 N–H and O–H groups in total. The van der Waals surface area contributed by atoms with E-state index in [1.807, 2.05) is 19.9 Å². The normalized spacial score (nSPS) is 12.5. The molecule has 2 amide bonds. The van der Waals surface area contributed by atoms with E-state index in [4.69, 9.17) is 11.6 Å². The van der Waals surface area contributed by atoms with Crippen molar-refractivity contribution >= 4 is 23.4 Å². The Hall–Kier alpha value is -2.17. The first-order valence-corrected chi connectivity index (χ1v) is 10.4. The number of carbonyl (C=O) groups excluding carboxylic acids is 2. The van der Waals surface area contributed by atoms with Crippen molar-refractivity contribution in [3.8, 4) is 0 Å². The molecule has 0 spiro atoms. The summed E-state index contributed by atoms with van der Waals surface area (Å²) in [5.74, 6) is -0.836. The second-order valence-corrected chi connectivity index (χ2v) is 9.05. The molecule has 156 valence electrons. The largest absolute Gasteiger partial charge is 0.276 e. The zero-order valence-corrected chi connectivity index (χ0v) is 18.9. The molecule has 0 bridgehead atoms. The fraction of sp³-hybridized carbons (Fsp3) is 0.417. The summed E-state index contributed by atoms with van der Waals surface area (Å²) in [5, 5.41) is 1.46. The molecule has 0 heterocycles. The number of halogens is 1. The number of benzene rings is 2. The Labute approximate surface area is 179 Å². The standard InChI is InChI=1S/C24H31ClN2O2/c1-7-10-21(24(4,5)6)26-27(23(29)19-11-8-9-12-20(19)25)22(28)18-14-16(2)13-17(3)15-18/h8-9,11-15,21,26H,7,10H2,1-6H3/t21-/m0/s1. The maximum absolute atomic E-state index is 13.4. The molecule has 0 aliphatic heterocycles. The van der Waals surface area contributed by atoms with Crippen LogP contribution in [-0.2, 0) is 0 Å². The van der Waals surface area contributed by atoms with Crippen LogP contribution in [0.2, 0.25) is 5.02 Å². The summed E-state index contributed by atoms with van der Waals surface area (Å²) < 4.78 is 0. The molecular formula is C24H31ClN2O2. The van der Waals surface area contributed by atoms with Gasteiger partial charge < -0.3 is 0 Å². The highest BCUT2D eigenvalue weighted by Crippen LogP contribution is 2.25. The lowest BCUT2D eigenvalue weighted by Crippen LogP contribution is -2.55. The highest BCUT2D eigenvalue weighted by atomic mass is 35.5. The van der Waals surface area contributed by atoms with Gasteiger partial charge in [0.05, 0.1) is 10.6 Å². The van der Waals surface area contributed by atoms with Gasteiger partial charge in [0.25, 0.3) is 11.8 Å². The molecule has 0 saturated heterocycles. The highest BCUT2D eigenvalue weighted by Gasteiger charge is 2.32. The lowest BCUT2D eigenvalue weighted by atomic mass is 9.84. The van der Waals surface area contributed by atoms with Gasteiger partial charge in [0.15, 0.2) is 0 Å². The molecule has 0 aliphatic carbocycles. The van der Waals surface area contributed by atoms with Crippen LogP contribution in [0.4, 0.5) is 0 Å². The van der Waals surface area contributed by atoms with Crippen LogP contribution in [0.3, 0.4) is 0 Å². The number of nitrogens with one attached hydrogen (secondary N) is 1. The number of carbonyl (C=O) groups is 2. The van der Waals surface area contributed by atoms with Crippen LogP contribution in [0.5, 0.6) is 0 Å². The lowest BCUT2D eigenvalue weighted by Gasteiger charge is -2.35. The number of imide groups is 1. The lowest BCUT2D eigenvalue weighted by molar-refractivity contribution is 0.0425. The van der Waals surface area contributed by atoms with Crippen LogP contribution in [-0.4, -0.2) is 22.9 Å². The molecule has 0 unspecified atom stereocenters. The first-order valence-electron chi connectivity index (χ1n) is 10.0. The summed E-state index contributed by atoms with van der Waals surface area (Å²) in [6.45, 7) is 12.3. The number of nitrogens with zero attached hydrogens (tertiary/aromatic N) is 1. The molecule has 1 atom stereocenters. The van der Waals surface area contributed by atoms with E-state index in [9.17, 15) is 9.59 Å². The van der Waals surface area contributed by atoms with Crippen LogP contribution in [0.25, 0.3) is 0 Å². The number of amides is 2. The summed E-state index contributed by atoms with van der Waals surface area (Å²) in [7, 11) is 0. The van der Waals surface area contributed by atoms with Crippen molar-refractivity contribution in [3.05, 3.63) is 69.7 Å². The van der Waals surface area contributed by atoms with Gasteiger partial charge in [-0.2, -0.15) is 0 Å². The van der Waals surface area contributed by atoms with Crippen molar-refractivity contribution in [1.29, 1.82) is 0 Å². The van der Waals surface area contributed by atoms with E-state index in [0.717, 1.165) is 29.0 Å². The zero-order valence-electron chi connectivity index (χ0n) is 18.2. The van der Waals surface area contributed by atoms with Gasteiger partial charge in [-0.3, -0.25) is 9.59 Å². The van der Waals surface area contributed by atoms with E-state index in [-0.39, 0.29) is 17.4 Å². The predicted molar refractivity (Wildman–Crippen MR) is 119 cm³/mol. The zero-order chi connectivity index (χ0) is 21.8. The van der Waals surface area contributed by atoms with Crippen molar-refractivity contribution in [1.82, 2.24) is 10.4 Å². The number of hydrogen-bond donors (Lipinski definition) is 1. The molecule has 0 saturated carbocycles. The molecule has 2 aromatic rings. The van der Waals surface area contributed by atoms with Crippen molar-refractivity contribution in [2.24, 2.45) is 5.41 Å². The molecule has 0 fully saturated rings. The van der Waals surface area contributed by atoms with Gasteiger partial charge in [0, 0.05) is 11.6 Å². The number of rotatable bonds is 6. The quantitative estimate of drug-likeness (QED) is 0.468. The first-order chi connectivity index (χ1) is 13.5. The molecule has 0 aliphatic rings. The average Bonchev–Trinajstić information content (AvgIpc) is 2.62. The van der Waals surface area contributed by atoms with E-state index in [1.54, 1.807) is 36.4 Å². The maximum Gasteiger partial charge on any atom is 0.276 e. The van der Waals surface area contributed by atoms with Crippen LogP contribution >= 0.6 is 11.6 Å². The minimum Gasteiger partial charge on any atom is -0.267 e. The second-order valence-electron chi connectivity index (χ2n) is 8.64. The second kappa shape index (κ2) is 9.55. The fourth-order valence-electron chi connectivity index (χ4n) is 3.33. The third kappa shape index (κ3) is 5.91. The molecule has 29 heavy (non-hydrogen) atoms. The first kappa shape index (κ1) is 23.1. The number of hydrogen-bond acceptors (Lipinski definition) is 3. The monoisotopic (exact) mass is 414 g/mol. The van der Waals surface area contributed by atoms with E-state index < -0.39 is 5.91 Å². The third-order valence-electron chi connectivity index (χ3n) is 4.89. The third-order valence-corrected chi connectivity index (χ3v) is 5.22. The minimum atomic E-state index is -0.454. The smallest absolute Gasteiger partial charge is 0.267 e. The Bertz CT molecular complexity index is 866. The highest BCUT2D eigenvalue weighted by molar-refractivity contribution is 6.34. The summed E-state index contributed by atoms with van der Waals surface area (Å²) in [6, 6.07) is 12.3. The van der Waals surface area contributed by atoms with Crippen LogP contribution in [0, 0.1) is 19.3 Å². The van der Waals surface area contributed by atoms with Gasteiger partial charge >= 0.3 is 0 Å². The van der Waals surface area contributed by atoms with Crippen LogP contribution < -0.4 is 5.43 Å². The molecule has 2 aromatic carbocycles. The van der Waals surface area contributed by atoms with Crippen molar-refractivity contribution < 1.29 is 9.59 Å². The average molecular weight is 415 g/mol. The number of hydrazine groups is 1. The summed E-state index contributed by atoms with van der Waals surface area (Å²) in [5.41, 5.74) is 5.80. The predicted octanol–water partition coefficient (Wildman–Crippen LogP) is 5.96. The van der Waals surface area contributed by atoms with Crippen molar-refractivity contribution in [2.75, 3.05) is 0 Å². The van der Waals surface area contributed by atoms with Gasteiger partial charge in [0.1, 0.15) is 0 Å². The number of aryl methyl sites for hydroxylation is 2. The van der Waals surface area contributed by atoms with E-state index in [2.05, 4.69) is 33.1 Å². The van der Waals surface area contributed by atoms with Gasteiger partial charge in [0.2, 0.25) is 0 Å². The SMILES string of the molecule is CCC[C@H](NN(C(=O)c1cc(C)cc(C)c1)C(=O)c1ccccc1Cl)C(C)(C)C. The Morgan fingerprint density at radius 3 is 2.14 bits per heavy atom. The Kier molecular flexibility index (Phi) is 7.61. The molecule has 5 heteroatoms. The van der Waals surface area contributed by atoms with Gasteiger partial charge in [-0.1, -0.05) is 75.0 Å². The van der Waals surface area contributed by atoms with Crippen LogP contribution in [0.1, 0.15) is 72.4 Å². The summed E-state index contributed by atoms with van der Waals surface area (Å²) in [6.07, 6.45) is 1.76. The van der Waals surface area contributed by atoms with Gasteiger partial charge in [-0.05, 0) is 49.9 Å². The summed E-state index contributed by atoms with van der Waals surface area (Å²) >= 11 is 6.27. The topological polar surface area (TPSA) is 49.4 Å². The molecule has 2 rings (SSSR count). The van der Waals surface area contributed by atoms with Crippen molar-refractivity contribution in [3.63, 3.8) is 0 Å². The molecular weight excluding hydrogens is 384 g/mol. The van der Waals surface area contributed by atoms with E-state index in [0.29, 0.717) is 16.1 Å². The van der Waals surface area contributed by atoms with Gasteiger partial charge in [-0.15, -0.1) is 0 Å². The summed E-state index contributed by atoms with van der Waals surface area (Å²) in [4.78, 5) is 26.8. The Morgan fingerprint density at radius 2 is 1.62 bits per heavy atom. The maximum atomic E-state index is 13.4. The van der Waals surface area contributed by atoms with E-state index in [1.165, 1.54) is 0 Å².